The predicted molar refractivity (Wildman–Crippen MR) is 104 cm³/mol. The lowest BCUT2D eigenvalue weighted by Crippen LogP contribution is -2.15. The molecule has 0 unspecified atom stereocenters. The highest BCUT2D eigenvalue weighted by Gasteiger charge is 2.07. The second-order valence-electron chi connectivity index (χ2n) is 5.65. The normalized spacial score (nSPS) is 10.7. The number of imidazole rings is 1. The lowest BCUT2D eigenvalue weighted by atomic mass is 10.0. The first-order chi connectivity index (χ1) is 12.2. The van der Waals surface area contributed by atoms with Crippen LogP contribution in [0, 0.1) is 0 Å². The molecule has 2 aromatic heterocycles. The van der Waals surface area contributed by atoms with Gasteiger partial charge in [0, 0.05) is 25.0 Å². The Morgan fingerprint density at radius 2 is 1.84 bits per heavy atom. The van der Waals surface area contributed by atoms with E-state index in [-0.39, 0.29) is 5.56 Å². The molecule has 6 heteroatoms. The van der Waals surface area contributed by atoms with Crippen LogP contribution in [0.5, 0.6) is 0 Å². The molecule has 0 amide bonds. The number of aryl methyl sites for hydroxylation is 1. The van der Waals surface area contributed by atoms with Gasteiger partial charge in [0.25, 0.3) is 5.56 Å². The quantitative estimate of drug-likeness (QED) is 0.542. The topological polar surface area (TPSA) is 76.7 Å². The fourth-order valence-electron chi connectivity index (χ4n) is 2.85. The molecular formula is C19H19ClN4O. The number of halogens is 1. The Hall–Kier alpha value is -2.63. The SMILES string of the molecule is CCl.Cn1ccc2ccc(-c3ccc4nc(CN)[nH]c4c3)cc2c1=O. The molecule has 2 aromatic carbocycles. The smallest absolute Gasteiger partial charge is 0.258 e. The zero-order chi connectivity index (χ0) is 18.0. The van der Waals surface area contributed by atoms with Gasteiger partial charge in [-0.05, 0) is 40.8 Å². The first kappa shape index (κ1) is 17.2. The highest BCUT2D eigenvalue weighted by molar-refractivity contribution is 6.15. The predicted octanol–water partition coefficient (Wildman–Crippen LogP) is 3.40. The molecular weight excluding hydrogens is 336 g/mol. The summed E-state index contributed by atoms with van der Waals surface area (Å²) >= 11 is 4.64. The average Bonchev–Trinajstić information content (AvgIpc) is 3.08. The van der Waals surface area contributed by atoms with Crippen LogP contribution in [-0.2, 0) is 13.6 Å². The Morgan fingerprint density at radius 1 is 1.12 bits per heavy atom. The van der Waals surface area contributed by atoms with Gasteiger partial charge >= 0.3 is 0 Å². The summed E-state index contributed by atoms with van der Waals surface area (Å²) < 4.78 is 1.59. The van der Waals surface area contributed by atoms with E-state index in [0.717, 1.165) is 38.8 Å². The summed E-state index contributed by atoms with van der Waals surface area (Å²) in [6.07, 6.45) is 3.26. The maximum Gasteiger partial charge on any atom is 0.258 e. The van der Waals surface area contributed by atoms with Crippen LogP contribution in [0.4, 0.5) is 0 Å². The van der Waals surface area contributed by atoms with Crippen molar-refractivity contribution in [3.63, 3.8) is 0 Å². The van der Waals surface area contributed by atoms with Gasteiger partial charge in [0.05, 0.1) is 17.6 Å². The Morgan fingerprint density at radius 3 is 2.60 bits per heavy atom. The Balaban J connectivity index is 0.000000880. The molecule has 0 aliphatic carbocycles. The Kier molecular flexibility index (Phi) is 4.88. The van der Waals surface area contributed by atoms with Gasteiger partial charge in [0.15, 0.2) is 0 Å². The average molecular weight is 355 g/mol. The molecule has 0 fully saturated rings. The summed E-state index contributed by atoms with van der Waals surface area (Å²) in [5.41, 5.74) is 9.52. The molecule has 0 spiro atoms. The highest BCUT2D eigenvalue weighted by Crippen LogP contribution is 2.25. The van der Waals surface area contributed by atoms with E-state index in [1.807, 2.05) is 42.5 Å². The van der Waals surface area contributed by atoms with Crippen molar-refractivity contribution in [1.29, 1.82) is 0 Å². The van der Waals surface area contributed by atoms with Gasteiger partial charge in [0.1, 0.15) is 5.82 Å². The van der Waals surface area contributed by atoms with E-state index in [9.17, 15) is 4.79 Å². The molecule has 25 heavy (non-hydrogen) atoms. The van der Waals surface area contributed by atoms with E-state index < -0.39 is 0 Å². The van der Waals surface area contributed by atoms with Gasteiger partial charge in [0.2, 0.25) is 0 Å². The number of H-pyrrole nitrogens is 1. The van der Waals surface area contributed by atoms with Crippen LogP contribution in [0.1, 0.15) is 5.82 Å². The van der Waals surface area contributed by atoms with E-state index in [4.69, 9.17) is 5.73 Å². The lowest BCUT2D eigenvalue weighted by molar-refractivity contribution is 0.873. The summed E-state index contributed by atoms with van der Waals surface area (Å²) in [5, 5.41) is 1.67. The first-order valence-corrected chi connectivity index (χ1v) is 8.57. The van der Waals surface area contributed by atoms with E-state index in [0.29, 0.717) is 6.54 Å². The van der Waals surface area contributed by atoms with Crippen molar-refractivity contribution in [1.82, 2.24) is 14.5 Å². The first-order valence-electron chi connectivity index (χ1n) is 7.82. The number of benzene rings is 2. The van der Waals surface area contributed by atoms with Crippen molar-refractivity contribution >= 4 is 33.4 Å². The van der Waals surface area contributed by atoms with Gasteiger partial charge in [-0.2, -0.15) is 0 Å². The summed E-state index contributed by atoms with van der Waals surface area (Å²) in [5.74, 6) is 0.768. The number of aromatic nitrogens is 3. The number of nitrogens with one attached hydrogen (secondary N) is 1. The fourth-order valence-corrected chi connectivity index (χ4v) is 2.85. The number of alkyl halides is 1. The molecule has 0 atom stereocenters. The van der Waals surface area contributed by atoms with Crippen LogP contribution < -0.4 is 11.3 Å². The van der Waals surface area contributed by atoms with Crippen molar-refractivity contribution in [3.05, 3.63) is 64.8 Å². The maximum atomic E-state index is 12.3. The molecule has 0 radical (unpaired) electrons. The van der Waals surface area contributed by atoms with Crippen LogP contribution in [-0.4, -0.2) is 20.9 Å². The Labute approximate surface area is 150 Å². The summed E-state index contributed by atoms with van der Waals surface area (Å²) in [7, 11) is 1.76. The van der Waals surface area contributed by atoms with Crippen molar-refractivity contribution in [2.24, 2.45) is 12.8 Å². The third-order valence-electron chi connectivity index (χ3n) is 4.14. The molecule has 4 aromatic rings. The van der Waals surface area contributed by atoms with Crippen molar-refractivity contribution in [2.45, 2.75) is 6.54 Å². The highest BCUT2D eigenvalue weighted by atomic mass is 35.5. The van der Waals surface area contributed by atoms with E-state index in [1.165, 1.54) is 6.38 Å². The van der Waals surface area contributed by atoms with Crippen LogP contribution in [0.25, 0.3) is 32.9 Å². The van der Waals surface area contributed by atoms with E-state index in [2.05, 4.69) is 21.6 Å². The zero-order valence-corrected chi connectivity index (χ0v) is 14.8. The number of nitrogens with two attached hydrogens (primary N) is 1. The number of hydrogen-bond acceptors (Lipinski definition) is 3. The van der Waals surface area contributed by atoms with Gasteiger partial charge in [-0.25, -0.2) is 4.98 Å². The minimum absolute atomic E-state index is 0.0115. The fraction of sp³-hybridized carbons (Fsp3) is 0.158. The summed E-state index contributed by atoms with van der Waals surface area (Å²) in [6.45, 7) is 0.385. The molecule has 0 aliphatic heterocycles. The van der Waals surface area contributed by atoms with Crippen LogP contribution in [0.3, 0.4) is 0 Å². The van der Waals surface area contributed by atoms with Crippen LogP contribution in [0.2, 0.25) is 0 Å². The number of fused-ring (bicyclic) bond motifs is 2. The molecule has 0 saturated heterocycles. The third-order valence-corrected chi connectivity index (χ3v) is 4.14. The number of hydrogen-bond donors (Lipinski definition) is 2. The standard InChI is InChI=1S/C18H16N4O.CH3Cl/c1-22-7-6-11-2-3-12(8-14(11)18(22)23)13-4-5-15-16(9-13)21-17(10-19)20-15;1-2/h2-9H,10,19H2,1H3,(H,20,21);1H3. The zero-order valence-electron chi connectivity index (χ0n) is 14.1. The molecule has 0 bridgehead atoms. The van der Waals surface area contributed by atoms with E-state index in [1.54, 1.807) is 17.8 Å². The van der Waals surface area contributed by atoms with E-state index >= 15 is 0 Å². The minimum Gasteiger partial charge on any atom is -0.341 e. The number of aromatic amines is 1. The van der Waals surface area contributed by atoms with Crippen molar-refractivity contribution in [3.8, 4) is 11.1 Å². The largest absolute Gasteiger partial charge is 0.341 e. The molecule has 3 N–H and O–H groups in total. The minimum atomic E-state index is 0.0115. The van der Waals surface area contributed by atoms with Gasteiger partial charge in [-0.3, -0.25) is 4.79 Å². The molecule has 5 nitrogen and oxygen atoms in total. The maximum absolute atomic E-state index is 12.3. The van der Waals surface area contributed by atoms with Crippen LogP contribution >= 0.6 is 11.6 Å². The number of rotatable bonds is 2. The van der Waals surface area contributed by atoms with Gasteiger partial charge in [-0.15, -0.1) is 11.6 Å². The van der Waals surface area contributed by atoms with Crippen molar-refractivity contribution < 1.29 is 0 Å². The van der Waals surface area contributed by atoms with Gasteiger partial charge in [-0.1, -0.05) is 18.2 Å². The molecule has 4 rings (SSSR count). The molecule has 0 saturated carbocycles. The second-order valence-corrected chi connectivity index (χ2v) is 5.65. The summed E-state index contributed by atoms with van der Waals surface area (Å²) in [6, 6.07) is 13.9. The van der Waals surface area contributed by atoms with Crippen LogP contribution in [0.15, 0.2) is 53.5 Å². The summed E-state index contributed by atoms with van der Waals surface area (Å²) in [4.78, 5) is 19.9. The third kappa shape index (κ3) is 3.16. The van der Waals surface area contributed by atoms with Crippen molar-refractivity contribution in [2.75, 3.05) is 6.38 Å². The molecule has 2 heterocycles. The Bertz CT molecular complexity index is 1100. The lowest BCUT2D eigenvalue weighted by Gasteiger charge is -2.05. The monoisotopic (exact) mass is 354 g/mol. The number of nitrogens with zero attached hydrogens (tertiary/aromatic N) is 2. The number of pyridine rings is 1. The molecule has 128 valence electrons. The molecule has 0 aliphatic rings. The van der Waals surface area contributed by atoms with Gasteiger partial charge < -0.3 is 15.3 Å². The second kappa shape index (κ2) is 7.09.